The monoisotopic (exact) mass is 184 g/mol. The van der Waals surface area contributed by atoms with Crippen LogP contribution in [0.15, 0.2) is 12.1 Å². The topological polar surface area (TPSA) is 29.3 Å². The molecule has 2 nitrogen and oxygen atoms in total. The van der Waals surface area contributed by atoms with Gasteiger partial charge in [0.15, 0.2) is 0 Å². The molecule has 0 spiro atoms. The Morgan fingerprint density at radius 2 is 2.25 bits per heavy atom. The number of likely N-dealkylation sites (N-methyl/N-ethyl adjacent to an activating group) is 1. The first-order chi connectivity index (χ1) is 5.72. The largest absolute Gasteiger partial charge is 0.329 e. The fourth-order valence-corrected chi connectivity index (χ4v) is 2.11. The molecular weight excluding hydrogens is 168 g/mol. The Balaban J connectivity index is 2.41. The molecule has 0 aromatic carbocycles. The van der Waals surface area contributed by atoms with Gasteiger partial charge in [-0.05, 0) is 26.1 Å². The Labute approximate surface area is 78.0 Å². The average molecular weight is 184 g/mol. The lowest BCUT2D eigenvalue weighted by Crippen LogP contribution is -2.24. The number of aryl methyl sites for hydroxylation is 1. The summed E-state index contributed by atoms with van der Waals surface area (Å²) in [4.78, 5) is 5.04. The van der Waals surface area contributed by atoms with Gasteiger partial charge < -0.3 is 10.6 Å². The van der Waals surface area contributed by atoms with Crippen LogP contribution in [0.4, 0.5) is 0 Å². The van der Waals surface area contributed by atoms with E-state index < -0.39 is 0 Å². The van der Waals surface area contributed by atoms with Gasteiger partial charge in [-0.2, -0.15) is 0 Å². The number of nitrogens with two attached hydrogens (primary N) is 1. The van der Waals surface area contributed by atoms with Crippen LogP contribution in [-0.2, 0) is 6.54 Å². The van der Waals surface area contributed by atoms with E-state index in [0.29, 0.717) is 0 Å². The summed E-state index contributed by atoms with van der Waals surface area (Å²) in [5.41, 5.74) is 5.45. The van der Waals surface area contributed by atoms with Gasteiger partial charge in [0.1, 0.15) is 0 Å². The summed E-state index contributed by atoms with van der Waals surface area (Å²) in [6.07, 6.45) is 0. The standard InChI is InChI=1S/C9H16N2S/c1-8-3-4-9(12-8)7-11(2)6-5-10/h3-4H,5-7,10H2,1-2H3. The van der Waals surface area contributed by atoms with E-state index in [1.165, 1.54) is 9.75 Å². The van der Waals surface area contributed by atoms with Gasteiger partial charge >= 0.3 is 0 Å². The molecule has 0 fully saturated rings. The smallest absolute Gasteiger partial charge is 0.0325 e. The Morgan fingerprint density at radius 1 is 1.50 bits per heavy atom. The van der Waals surface area contributed by atoms with E-state index in [1.807, 2.05) is 11.3 Å². The third kappa shape index (κ3) is 2.93. The van der Waals surface area contributed by atoms with Crippen LogP contribution < -0.4 is 5.73 Å². The molecule has 0 bridgehead atoms. The molecule has 1 heterocycles. The minimum atomic E-state index is 0.737. The lowest BCUT2D eigenvalue weighted by atomic mass is 10.4. The van der Waals surface area contributed by atoms with Gasteiger partial charge in [0.05, 0.1) is 0 Å². The van der Waals surface area contributed by atoms with E-state index >= 15 is 0 Å². The summed E-state index contributed by atoms with van der Waals surface area (Å²) < 4.78 is 0. The van der Waals surface area contributed by atoms with Gasteiger partial charge in [-0.15, -0.1) is 11.3 Å². The zero-order valence-corrected chi connectivity index (χ0v) is 8.53. The number of thiophene rings is 1. The second kappa shape index (κ2) is 4.60. The lowest BCUT2D eigenvalue weighted by molar-refractivity contribution is 0.339. The molecule has 0 amide bonds. The maximum Gasteiger partial charge on any atom is 0.0325 e. The summed E-state index contributed by atoms with van der Waals surface area (Å²) in [5, 5.41) is 0. The van der Waals surface area contributed by atoms with Crippen molar-refractivity contribution in [3.8, 4) is 0 Å². The maximum absolute atomic E-state index is 5.45. The van der Waals surface area contributed by atoms with Crippen molar-refractivity contribution < 1.29 is 0 Å². The highest BCUT2D eigenvalue weighted by molar-refractivity contribution is 7.11. The normalized spacial score (nSPS) is 11.0. The highest BCUT2D eigenvalue weighted by Crippen LogP contribution is 2.16. The maximum atomic E-state index is 5.45. The van der Waals surface area contributed by atoms with Crippen LogP contribution in [0.1, 0.15) is 9.75 Å². The third-order valence-electron chi connectivity index (χ3n) is 1.73. The van der Waals surface area contributed by atoms with Crippen LogP contribution >= 0.6 is 11.3 Å². The van der Waals surface area contributed by atoms with E-state index in [9.17, 15) is 0 Å². The fourth-order valence-electron chi connectivity index (χ4n) is 1.14. The molecular formula is C9H16N2S. The first-order valence-electron chi connectivity index (χ1n) is 4.16. The molecule has 3 heteroatoms. The Hall–Kier alpha value is -0.380. The van der Waals surface area contributed by atoms with Crippen molar-refractivity contribution in [2.75, 3.05) is 20.1 Å². The van der Waals surface area contributed by atoms with Crippen LogP contribution in [0, 0.1) is 6.92 Å². The van der Waals surface area contributed by atoms with Gasteiger partial charge in [0, 0.05) is 29.4 Å². The van der Waals surface area contributed by atoms with Gasteiger partial charge in [0.25, 0.3) is 0 Å². The van der Waals surface area contributed by atoms with Gasteiger partial charge in [0.2, 0.25) is 0 Å². The second-order valence-electron chi connectivity index (χ2n) is 3.04. The van der Waals surface area contributed by atoms with Crippen LogP contribution in [0.25, 0.3) is 0 Å². The van der Waals surface area contributed by atoms with Crippen molar-refractivity contribution in [1.82, 2.24) is 4.90 Å². The summed E-state index contributed by atoms with van der Waals surface area (Å²) in [7, 11) is 2.10. The first kappa shape index (κ1) is 9.71. The summed E-state index contributed by atoms with van der Waals surface area (Å²) in [6.45, 7) is 4.87. The van der Waals surface area contributed by atoms with Crippen molar-refractivity contribution >= 4 is 11.3 Å². The first-order valence-corrected chi connectivity index (χ1v) is 4.98. The van der Waals surface area contributed by atoms with Crippen LogP contribution in [0.2, 0.25) is 0 Å². The van der Waals surface area contributed by atoms with Crippen molar-refractivity contribution in [3.63, 3.8) is 0 Å². The van der Waals surface area contributed by atoms with Crippen molar-refractivity contribution in [2.45, 2.75) is 13.5 Å². The zero-order chi connectivity index (χ0) is 8.97. The van der Waals surface area contributed by atoms with Crippen molar-refractivity contribution in [3.05, 3.63) is 21.9 Å². The highest BCUT2D eigenvalue weighted by Gasteiger charge is 2.00. The molecule has 0 radical (unpaired) electrons. The molecule has 1 rings (SSSR count). The fraction of sp³-hybridized carbons (Fsp3) is 0.556. The molecule has 12 heavy (non-hydrogen) atoms. The minimum absolute atomic E-state index is 0.737. The van der Waals surface area contributed by atoms with Gasteiger partial charge in [-0.1, -0.05) is 0 Å². The van der Waals surface area contributed by atoms with Crippen LogP contribution in [-0.4, -0.2) is 25.0 Å². The molecule has 0 aliphatic rings. The van der Waals surface area contributed by atoms with E-state index in [-0.39, 0.29) is 0 Å². The molecule has 0 aliphatic heterocycles. The van der Waals surface area contributed by atoms with Crippen LogP contribution in [0.5, 0.6) is 0 Å². The molecule has 1 aromatic heterocycles. The highest BCUT2D eigenvalue weighted by atomic mass is 32.1. The second-order valence-corrected chi connectivity index (χ2v) is 4.41. The SMILES string of the molecule is Cc1ccc(CN(C)CCN)s1. The Kier molecular flexibility index (Phi) is 3.72. The molecule has 0 unspecified atom stereocenters. The summed E-state index contributed by atoms with van der Waals surface area (Å²) in [6, 6.07) is 4.35. The van der Waals surface area contributed by atoms with E-state index in [4.69, 9.17) is 5.73 Å². The summed E-state index contributed by atoms with van der Waals surface area (Å²) >= 11 is 1.86. The van der Waals surface area contributed by atoms with Crippen LogP contribution in [0.3, 0.4) is 0 Å². The average Bonchev–Trinajstić information content (AvgIpc) is 2.36. The number of nitrogens with zero attached hydrogens (tertiary/aromatic N) is 1. The summed E-state index contributed by atoms with van der Waals surface area (Å²) in [5.74, 6) is 0. The molecule has 1 aromatic rings. The Bertz CT molecular complexity index is 232. The van der Waals surface area contributed by atoms with Gasteiger partial charge in [-0.25, -0.2) is 0 Å². The van der Waals surface area contributed by atoms with E-state index in [1.54, 1.807) is 0 Å². The molecule has 0 aliphatic carbocycles. The molecule has 0 saturated carbocycles. The van der Waals surface area contributed by atoms with Crippen molar-refractivity contribution in [2.24, 2.45) is 5.73 Å². The van der Waals surface area contributed by atoms with E-state index in [2.05, 4.69) is 31.0 Å². The van der Waals surface area contributed by atoms with Crippen molar-refractivity contribution in [1.29, 1.82) is 0 Å². The van der Waals surface area contributed by atoms with E-state index in [0.717, 1.165) is 19.6 Å². The number of rotatable bonds is 4. The quantitative estimate of drug-likeness (QED) is 0.767. The molecule has 0 saturated heterocycles. The minimum Gasteiger partial charge on any atom is -0.329 e. The predicted molar refractivity (Wildman–Crippen MR) is 54.4 cm³/mol. The number of hydrogen-bond acceptors (Lipinski definition) is 3. The molecule has 2 N–H and O–H groups in total. The zero-order valence-electron chi connectivity index (χ0n) is 7.71. The molecule has 68 valence electrons. The number of hydrogen-bond donors (Lipinski definition) is 1. The molecule has 0 atom stereocenters. The lowest BCUT2D eigenvalue weighted by Gasteiger charge is -2.13. The van der Waals surface area contributed by atoms with Gasteiger partial charge in [-0.3, -0.25) is 0 Å². The Morgan fingerprint density at radius 3 is 2.75 bits per heavy atom. The third-order valence-corrected chi connectivity index (χ3v) is 2.72. The predicted octanol–water partition coefficient (Wildman–Crippen LogP) is 1.45.